The molecule has 0 saturated carbocycles. The Labute approximate surface area is 104 Å². The summed E-state index contributed by atoms with van der Waals surface area (Å²) in [7, 11) is 0. The summed E-state index contributed by atoms with van der Waals surface area (Å²) in [6.45, 7) is 2.36. The molecule has 1 atom stereocenters. The molecule has 1 heterocycles. The first-order valence-electron chi connectivity index (χ1n) is 5.64. The van der Waals surface area contributed by atoms with Crippen molar-refractivity contribution in [2.75, 3.05) is 18.8 Å². The van der Waals surface area contributed by atoms with E-state index in [4.69, 9.17) is 5.73 Å². The van der Waals surface area contributed by atoms with Crippen molar-refractivity contribution in [3.05, 3.63) is 29.6 Å². The second kappa shape index (κ2) is 4.64. The largest absolute Gasteiger partial charge is 0.399 e. The Morgan fingerprint density at radius 2 is 2.28 bits per heavy atom. The molecule has 18 heavy (non-hydrogen) atoms. The molecule has 1 unspecified atom stereocenters. The van der Waals surface area contributed by atoms with Crippen LogP contribution in [0, 0.1) is 5.82 Å². The Bertz CT molecular complexity index is 504. The van der Waals surface area contributed by atoms with Crippen molar-refractivity contribution in [1.29, 1.82) is 0 Å². The van der Waals surface area contributed by atoms with E-state index in [0.29, 0.717) is 13.1 Å². The molecule has 0 radical (unpaired) electrons. The fourth-order valence-corrected chi connectivity index (χ4v) is 1.92. The number of carbonyl (C=O) groups is 2. The lowest BCUT2D eigenvalue weighted by Gasteiger charge is -2.32. The summed E-state index contributed by atoms with van der Waals surface area (Å²) in [6, 6.07) is 3.31. The number of rotatable bonds is 1. The van der Waals surface area contributed by atoms with Gasteiger partial charge in [-0.15, -0.1) is 0 Å². The molecule has 6 heteroatoms. The Morgan fingerprint density at radius 3 is 2.94 bits per heavy atom. The maximum absolute atomic E-state index is 13.7. The van der Waals surface area contributed by atoms with Gasteiger partial charge in [-0.05, 0) is 25.1 Å². The molecule has 1 aliphatic heterocycles. The molecule has 1 aromatic rings. The van der Waals surface area contributed by atoms with Crippen molar-refractivity contribution < 1.29 is 14.0 Å². The molecule has 1 aromatic carbocycles. The standard InChI is InChI=1S/C12H14FN3O2/c1-7-11(17)15-4-5-16(7)12(18)9-3-2-8(14)6-10(9)13/h2-3,6-7H,4-5,14H2,1H3,(H,15,17). The van der Waals surface area contributed by atoms with Gasteiger partial charge in [-0.3, -0.25) is 9.59 Å². The van der Waals surface area contributed by atoms with Gasteiger partial charge in [0.05, 0.1) is 5.56 Å². The van der Waals surface area contributed by atoms with Crippen LogP contribution in [0.4, 0.5) is 10.1 Å². The third kappa shape index (κ3) is 2.13. The number of nitrogen functional groups attached to an aromatic ring is 1. The van der Waals surface area contributed by atoms with Crippen LogP contribution >= 0.6 is 0 Å². The van der Waals surface area contributed by atoms with E-state index in [-0.39, 0.29) is 17.2 Å². The van der Waals surface area contributed by atoms with Crippen LogP contribution in [-0.2, 0) is 4.79 Å². The lowest BCUT2D eigenvalue weighted by molar-refractivity contribution is -0.127. The zero-order valence-corrected chi connectivity index (χ0v) is 9.94. The molecule has 0 aromatic heterocycles. The number of halogens is 1. The molecule has 0 aliphatic carbocycles. The van der Waals surface area contributed by atoms with E-state index in [9.17, 15) is 14.0 Å². The van der Waals surface area contributed by atoms with Crippen LogP contribution in [0.15, 0.2) is 18.2 Å². The molecule has 0 bridgehead atoms. The van der Waals surface area contributed by atoms with Crippen LogP contribution in [0.25, 0.3) is 0 Å². The summed E-state index contributed by atoms with van der Waals surface area (Å²) in [6.07, 6.45) is 0. The van der Waals surface area contributed by atoms with E-state index in [0.717, 1.165) is 6.07 Å². The molecule has 0 spiro atoms. The molecule has 1 fully saturated rings. The topological polar surface area (TPSA) is 75.4 Å². The van der Waals surface area contributed by atoms with Gasteiger partial charge in [0.1, 0.15) is 11.9 Å². The number of hydrogen-bond acceptors (Lipinski definition) is 3. The third-order valence-electron chi connectivity index (χ3n) is 2.98. The van der Waals surface area contributed by atoms with E-state index in [1.165, 1.54) is 17.0 Å². The molecular formula is C12H14FN3O2. The van der Waals surface area contributed by atoms with Gasteiger partial charge in [0.15, 0.2) is 0 Å². The zero-order chi connectivity index (χ0) is 13.3. The predicted octanol–water partition coefficient (Wildman–Crippen LogP) is 0.368. The van der Waals surface area contributed by atoms with Crippen molar-refractivity contribution >= 4 is 17.5 Å². The molecule has 96 valence electrons. The predicted molar refractivity (Wildman–Crippen MR) is 64.3 cm³/mol. The zero-order valence-electron chi connectivity index (χ0n) is 9.94. The van der Waals surface area contributed by atoms with E-state index < -0.39 is 17.8 Å². The number of amides is 2. The van der Waals surface area contributed by atoms with Gasteiger partial charge in [-0.25, -0.2) is 4.39 Å². The summed E-state index contributed by atoms with van der Waals surface area (Å²) >= 11 is 0. The minimum atomic E-state index is -0.668. The van der Waals surface area contributed by atoms with Crippen molar-refractivity contribution in [3.63, 3.8) is 0 Å². The van der Waals surface area contributed by atoms with E-state index in [1.807, 2.05) is 0 Å². The van der Waals surface area contributed by atoms with Crippen molar-refractivity contribution in [3.8, 4) is 0 Å². The van der Waals surface area contributed by atoms with Crippen molar-refractivity contribution in [2.45, 2.75) is 13.0 Å². The second-order valence-corrected chi connectivity index (χ2v) is 4.20. The van der Waals surface area contributed by atoms with Gasteiger partial charge in [0.25, 0.3) is 5.91 Å². The summed E-state index contributed by atoms with van der Waals surface area (Å²) in [5, 5.41) is 2.65. The summed E-state index contributed by atoms with van der Waals surface area (Å²) in [5.41, 5.74) is 5.62. The number of nitrogens with one attached hydrogen (secondary N) is 1. The summed E-state index contributed by atoms with van der Waals surface area (Å²) in [4.78, 5) is 25.0. The summed E-state index contributed by atoms with van der Waals surface area (Å²) < 4.78 is 13.7. The van der Waals surface area contributed by atoms with Gasteiger partial charge in [0, 0.05) is 18.8 Å². The molecular weight excluding hydrogens is 237 g/mol. The third-order valence-corrected chi connectivity index (χ3v) is 2.98. The van der Waals surface area contributed by atoms with Crippen molar-refractivity contribution in [1.82, 2.24) is 10.2 Å². The molecule has 2 rings (SSSR count). The van der Waals surface area contributed by atoms with E-state index in [2.05, 4.69) is 5.32 Å². The highest BCUT2D eigenvalue weighted by Gasteiger charge is 2.30. The lowest BCUT2D eigenvalue weighted by Crippen LogP contribution is -2.55. The summed E-state index contributed by atoms with van der Waals surface area (Å²) in [5.74, 6) is -1.39. The Hall–Kier alpha value is -2.11. The molecule has 3 N–H and O–H groups in total. The number of anilines is 1. The SMILES string of the molecule is CC1C(=O)NCCN1C(=O)c1ccc(N)cc1F. The van der Waals surface area contributed by atoms with Crippen LogP contribution in [-0.4, -0.2) is 35.8 Å². The van der Waals surface area contributed by atoms with E-state index >= 15 is 0 Å². The first kappa shape index (κ1) is 12.3. The van der Waals surface area contributed by atoms with Gasteiger partial charge in [-0.2, -0.15) is 0 Å². The normalized spacial score (nSPS) is 19.6. The van der Waals surface area contributed by atoms with Gasteiger partial charge >= 0.3 is 0 Å². The van der Waals surface area contributed by atoms with E-state index in [1.54, 1.807) is 6.92 Å². The first-order valence-corrected chi connectivity index (χ1v) is 5.64. The Morgan fingerprint density at radius 1 is 1.56 bits per heavy atom. The highest BCUT2D eigenvalue weighted by Crippen LogP contribution is 2.16. The average Bonchev–Trinajstić information content (AvgIpc) is 2.32. The van der Waals surface area contributed by atoms with Crippen LogP contribution < -0.4 is 11.1 Å². The van der Waals surface area contributed by atoms with Crippen LogP contribution in [0.3, 0.4) is 0 Å². The number of nitrogens with zero attached hydrogens (tertiary/aromatic N) is 1. The number of carbonyl (C=O) groups excluding carboxylic acids is 2. The maximum Gasteiger partial charge on any atom is 0.257 e. The van der Waals surface area contributed by atoms with Gasteiger partial charge < -0.3 is 16.0 Å². The van der Waals surface area contributed by atoms with Crippen molar-refractivity contribution in [2.24, 2.45) is 0 Å². The van der Waals surface area contributed by atoms with Crippen LogP contribution in [0.2, 0.25) is 0 Å². The number of nitrogens with two attached hydrogens (primary N) is 1. The maximum atomic E-state index is 13.7. The molecule has 2 amide bonds. The Kier molecular flexibility index (Phi) is 3.18. The smallest absolute Gasteiger partial charge is 0.257 e. The molecule has 1 saturated heterocycles. The molecule has 5 nitrogen and oxygen atoms in total. The van der Waals surface area contributed by atoms with Gasteiger partial charge in [-0.1, -0.05) is 0 Å². The minimum absolute atomic E-state index is 0.0641. The second-order valence-electron chi connectivity index (χ2n) is 4.20. The number of hydrogen-bond donors (Lipinski definition) is 2. The monoisotopic (exact) mass is 251 g/mol. The minimum Gasteiger partial charge on any atom is -0.399 e. The fraction of sp³-hybridized carbons (Fsp3) is 0.333. The average molecular weight is 251 g/mol. The number of benzene rings is 1. The lowest BCUT2D eigenvalue weighted by atomic mass is 10.1. The highest BCUT2D eigenvalue weighted by molar-refractivity contribution is 5.98. The fourth-order valence-electron chi connectivity index (χ4n) is 1.92. The molecule has 1 aliphatic rings. The van der Waals surface area contributed by atoms with Crippen LogP contribution in [0.5, 0.6) is 0 Å². The quantitative estimate of drug-likeness (QED) is 0.708. The van der Waals surface area contributed by atoms with Gasteiger partial charge in [0.2, 0.25) is 5.91 Å². The first-order chi connectivity index (χ1) is 8.50. The highest BCUT2D eigenvalue weighted by atomic mass is 19.1. The Balaban J connectivity index is 2.28. The number of piperazine rings is 1. The van der Waals surface area contributed by atoms with Crippen LogP contribution in [0.1, 0.15) is 17.3 Å².